The van der Waals surface area contributed by atoms with Gasteiger partial charge in [0.25, 0.3) is 5.91 Å². The van der Waals surface area contributed by atoms with Gasteiger partial charge in [-0.1, -0.05) is 79.7 Å². The van der Waals surface area contributed by atoms with E-state index in [1.165, 1.54) is 17.5 Å². The number of nitrogens with zero attached hydrogens (tertiary/aromatic N) is 2. The van der Waals surface area contributed by atoms with Gasteiger partial charge in [0.1, 0.15) is 0 Å². The summed E-state index contributed by atoms with van der Waals surface area (Å²) in [6.07, 6.45) is 2.27. The van der Waals surface area contributed by atoms with E-state index in [0.29, 0.717) is 5.92 Å². The SMILES string of the molecule is C[C@@H]1CCCN(C(=O)c2cc(-c3ccc(-c4ccccc4)cc3)nc3ccccc23)C1. The summed E-state index contributed by atoms with van der Waals surface area (Å²) in [5.41, 5.74) is 5.83. The summed E-state index contributed by atoms with van der Waals surface area (Å²) >= 11 is 0. The lowest BCUT2D eigenvalue weighted by Crippen LogP contribution is -2.39. The van der Waals surface area contributed by atoms with Crippen LogP contribution in [-0.4, -0.2) is 28.9 Å². The number of para-hydroxylation sites is 1. The van der Waals surface area contributed by atoms with Gasteiger partial charge in [0.2, 0.25) is 0 Å². The van der Waals surface area contributed by atoms with Gasteiger partial charge >= 0.3 is 0 Å². The summed E-state index contributed by atoms with van der Waals surface area (Å²) in [4.78, 5) is 20.4. The van der Waals surface area contributed by atoms with Crippen LogP contribution in [0, 0.1) is 5.92 Å². The molecule has 154 valence electrons. The maximum atomic E-state index is 13.5. The minimum Gasteiger partial charge on any atom is -0.338 e. The summed E-state index contributed by atoms with van der Waals surface area (Å²) in [6.45, 7) is 3.89. The molecule has 31 heavy (non-hydrogen) atoms. The van der Waals surface area contributed by atoms with Gasteiger partial charge in [-0.25, -0.2) is 4.98 Å². The molecular weight excluding hydrogens is 380 g/mol. The van der Waals surface area contributed by atoms with Crippen molar-refractivity contribution in [2.24, 2.45) is 5.92 Å². The van der Waals surface area contributed by atoms with Crippen LogP contribution in [0.5, 0.6) is 0 Å². The van der Waals surface area contributed by atoms with Crippen LogP contribution >= 0.6 is 0 Å². The second-order valence-corrected chi connectivity index (χ2v) is 8.51. The van der Waals surface area contributed by atoms with Crippen LogP contribution in [0.2, 0.25) is 0 Å². The highest BCUT2D eigenvalue weighted by atomic mass is 16.2. The zero-order valence-corrected chi connectivity index (χ0v) is 17.8. The molecule has 0 saturated carbocycles. The number of carbonyl (C=O) groups is 1. The number of amides is 1. The van der Waals surface area contributed by atoms with Gasteiger partial charge in [-0.05, 0) is 42.0 Å². The predicted molar refractivity (Wildman–Crippen MR) is 127 cm³/mol. The third kappa shape index (κ3) is 3.96. The average molecular weight is 407 g/mol. The Morgan fingerprint density at radius 3 is 2.32 bits per heavy atom. The number of fused-ring (bicyclic) bond motifs is 1. The Hall–Kier alpha value is -3.46. The quantitative estimate of drug-likeness (QED) is 0.392. The molecule has 1 amide bonds. The Balaban J connectivity index is 1.55. The molecule has 0 aliphatic carbocycles. The van der Waals surface area contributed by atoms with Crippen molar-refractivity contribution >= 4 is 16.8 Å². The first-order valence-corrected chi connectivity index (χ1v) is 11.0. The molecule has 0 bridgehead atoms. The molecular formula is C28H26N2O. The molecule has 0 radical (unpaired) electrons. The summed E-state index contributed by atoms with van der Waals surface area (Å²) in [5, 5.41) is 0.926. The van der Waals surface area contributed by atoms with E-state index in [4.69, 9.17) is 4.98 Å². The summed E-state index contributed by atoms with van der Waals surface area (Å²) in [6, 6.07) is 28.7. The Morgan fingerprint density at radius 1 is 0.871 bits per heavy atom. The molecule has 5 rings (SSSR count). The standard InChI is InChI=1S/C28H26N2O/c1-20-8-7-17-30(19-20)28(31)25-18-27(29-26-12-6-5-11-24(25)26)23-15-13-22(14-16-23)21-9-3-2-4-10-21/h2-6,9-16,18,20H,7-8,17,19H2,1H3/t20-/m1/s1. The van der Waals surface area contributed by atoms with Crippen molar-refractivity contribution in [3.8, 4) is 22.4 Å². The molecule has 0 spiro atoms. The first-order chi connectivity index (χ1) is 15.2. The maximum absolute atomic E-state index is 13.5. The first-order valence-electron chi connectivity index (χ1n) is 11.0. The molecule has 3 heteroatoms. The fourth-order valence-electron chi connectivity index (χ4n) is 4.51. The zero-order chi connectivity index (χ0) is 21.2. The van der Waals surface area contributed by atoms with Crippen molar-refractivity contribution in [1.29, 1.82) is 0 Å². The van der Waals surface area contributed by atoms with Crippen molar-refractivity contribution in [2.75, 3.05) is 13.1 Å². The smallest absolute Gasteiger partial charge is 0.254 e. The van der Waals surface area contributed by atoms with Crippen LogP contribution in [0.4, 0.5) is 0 Å². The first kappa shape index (κ1) is 19.5. The van der Waals surface area contributed by atoms with E-state index in [-0.39, 0.29) is 5.91 Å². The van der Waals surface area contributed by atoms with Crippen LogP contribution in [-0.2, 0) is 0 Å². The Morgan fingerprint density at radius 2 is 1.55 bits per heavy atom. The number of hydrogen-bond donors (Lipinski definition) is 0. The lowest BCUT2D eigenvalue weighted by Gasteiger charge is -2.31. The van der Waals surface area contributed by atoms with Gasteiger partial charge in [-0.3, -0.25) is 4.79 Å². The summed E-state index contributed by atoms with van der Waals surface area (Å²) < 4.78 is 0. The molecule has 1 aliphatic heterocycles. The van der Waals surface area contributed by atoms with Crippen molar-refractivity contribution in [2.45, 2.75) is 19.8 Å². The number of benzene rings is 3. The van der Waals surface area contributed by atoms with Crippen molar-refractivity contribution < 1.29 is 4.79 Å². The van der Waals surface area contributed by atoms with Gasteiger partial charge in [0, 0.05) is 24.0 Å². The molecule has 1 atom stereocenters. The van der Waals surface area contributed by atoms with Gasteiger partial charge in [-0.2, -0.15) is 0 Å². The predicted octanol–water partition coefficient (Wildman–Crippen LogP) is 6.44. The van der Waals surface area contributed by atoms with E-state index in [2.05, 4.69) is 43.3 Å². The zero-order valence-electron chi connectivity index (χ0n) is 17.8. The highest BCUT2D eigenvalue weighted by Crippen LogP contribution is 2.29. The monoisotopic (exact) mass is 406 g/mol. The van der Waals surface area contributed by atoms with Gasteiger partial charge in [0.15, 0.2) is 0 Å². The number of likely N-dealkylation sites (tertiary alicyclic amines) is 1. The third-order valence-corrected chi connectivity index (χ3v) is 6.18. The second-order valence-electron chi connectivity index (χ2n) is 8.51. The summed E-state index contributed by atoms with van der Waals surface area (Å²) in [7, 11) is 0. The van der Waals surface area contributed by atoms with Crippen LogP contribution < -0.4 is 0 Å². The lowest BCUT2D eigenvalue weighted by molar-refractivity contribution is 0.0685. The van der Waals surface area contributed by atoms with Crippen LogP contribution in [0.3, 0.4) is 0 Å². The minimum absolute atomic E-state index is 0.118. The normalized spacial score (nSPS) is 16.4. The molecule has 1 aromatic heterocycles. The van der Waals surface area contributed by atoms with E-state index in [9.17, 15) is 4.79 Å². The number of hydrogen-bond acceptors (Lipinski definition) is 2. The Labute approximate surface area is 183 Å². The van der Waals surface area contributed by atoms with Crippen molar-refractivity contribution in [1.82, 2.24) is 9.88 Å². The molecule has 2 heterocycles. The van der Waals surface area contributed by atoms with Gasteiger partial charge < -0.3 is 4.90 Å². The molecule has 3 nitrogen and oxygen atoms in total. The van der Waals surface area contributed by atoms with E-state index in [1.807, 2.05) is 53.4 Å². The average Bonchev–Trinajstić information content (AvgIpc) is 2.83. The Bertz CT molecular complexity index is 1210. The van der Waals surface area contributed by atoms with E-state index < -0.39 is 0 Å². The topological polar surface area (TPSA) is 33.2 Å². The fraction of sp³-hybridized carbons (Fsp3) is 0.214. The molecule has 0 N–H and O–H groups in total. The van der Waals surface area contributed by atoms with Crippen LogP contribution in [0.25, 0.3) is 33.3 Å². The largest absolute Gasteiger partial charge is 0.338 e. The van der Waals surface area contributed by atoms with Crippen LogP contribution in [0.15, 0.2) is 84.9 Å². The van der Waals surface area contributed by atoms with Gasteiger partial charge in [0.05, 0.1) is 16.8 Å². The number of aromatic nitrogens is 1. The van der Waals surface area contributed by atoms with E-state index >= 15 is 0 Å². The van der Waals surface area contributed by atoms with Crippen molar-refractivity contribution in [3.63, 3.8) is 0 Å². The summed E-state index contributed by atoms with van der Waals surface area (Å²) in [5.74, 6) is 0.670. The molecule has 1 saturated heterocycles. The Kier molecular flexibility index (Phi) is 5.25. The second kappa shape index (κ2) is 8.35. The molecule has 0 unspecified atom stereocenters. The number of rotatable bonds is 3. The number of pyridine rings is 1. The highest BCUT2D eigenvalue weighted by Gasteiger charge is 2.24. The molecule has 1 aliphatic rings. The lowest BCUT2D eigenvalue weighted by atomic mass is 9.97. The van der Waals surface area contributed by atoms with E-state index in [0.717, 1.165) is 47.2 Å². The molecule has 3 aromatic carbocycles. The fourth-order valence-corrected chi connectivity index (χ4v) is 4.51. The van der Waals surface area contributed by atoms with Crippen LogP contribution in [0.1, 0.15) is 30.1 Å². The minimum atomic E-state index is 0.118. The van der Waals surface area contributed by atoms with Gasteiger partial charge in [-0.15, -0.1) is 0 Å². The third-order valence-electron chi connectivity index (χ3n) is 6.18. The molecule has 1 fully saturated rings. The number of carbonyl (C=O) groups excluding carboxylic acids is 1. The van der Waals surface area contributed by atoms with Crippen molar-refractivity contribution in [3.05, 3.63) is 90.5 Å². The highest BCUT2D eigenvalue weighted by molar-refractivity contribution is 6.07. The molecule has 4 aromatic rings. The van der Waals surface area contributed by atoms with E-state index in [1.54, 1.807) is 0 Å². The maximum Gasteiger partial charge on any atom is 0.254 e. The number of piperidine rings is 1.